The van der Waals surface area contributed by atoms with Gasteiger partial charge < -0.3 is 4.74 Å². The largest absolute Gasteiger partial charge is 0.456 e. The monoisotopic (exact) mass is 463 g/mol. The number of carbonyl (C=O) groups is 2. The maximum atomic E-state index is 14.1. The number of rotatable bonds is 6. The predicted molar refractivity (Wildman–Crippen MR) is 113 cm³/mol. The van der Waals surface area contributed by atoms with Gasteiger partial charge in [0.05, 0.1) is 21.8 Å². The number of carbonyl (C=O) groups excluding carboxylic acids is 2. The van der Waals surface area contributed by atoms with Gasteiger partial charge in [-0.3, -0.25) is 9.69 Å². The number of primary sulfonamides is 1. The summed E-state index contributed by atoms with van der Waals surface area (Å²) in [7, 11) is -3.99. The standard InChI is InChI=1S/C20H18FN3O5S2/c1-12-7-8-14(9-18(12)31(22,27)28)19(26)29-10-15-11-30-20(23-15)24(13(2)25)17-6-4-3-5-16(17)21/h3-9,11H,10H2,1-2H3,(H2,22,27,28). The predicted octanol–water partition coefficient (Wildman–Crippen LogP) is 3.28. The number of nitrogens with two attached hydrogens (primary N) is 1. The highest BCUT2D eigenvalue weighted by Crippen LogP contribution is 2.31. The van der Waals surface area contributed by atoms with Crippen LogP contribution in [0.4, 0.5) is 15.2 Å². The highest BCUT2D eigenvalue weighted by molar-refractivity contribution is 7.89. The number of nitrogens with zero attached hydrogens (tertiary/aromatic N) is 2. The zero-order valence-corrected chi connectivity index (χ0v) is 18.2. The van der Waals surface area contributed by atoms with Gasteiger partial charge in [0, 0.05) is 12.3 Å². The van der Waals surface area contributed by atoms with E-state index < -0.39 is 27.7 Å². The van der Waals surface area contributed by atoms with E-state index in [4.69, 9.17) is 9.88 Å². The fraction of sp³-hybridized carbons (Fsp3) is 0.150. The van der Waals surface area contributed by atoms with Gasteiger partial charge in [-0.25, -0.2) is 27.7 Å². The lowest BCUT2D eigenvalue weighted by molar-refractivity contribution is -0.115. The number of thiazole rings is 1. The highest BCUT2D eigenvalue weighted by atomic mass is 32.2. The topological polar surface area (TPSA) is 120 Å². The molecule has 31 heavy (non-hydrogen) atoms. The fourth-order valence-corrected chi connectivity index (χ4v) is 4.43. The molecule has 3 aromatic rings. The number of amides is 1. The van der Waals surface area contributed by atoms with E-state index in [0.29, 0.717) is 11.3 Å². The molecule has 0 bridgehead atoms. The second-order valence-corrected chi connectivity index (χ2v) is 8.90. The molecule has 1 aromatic heterocycles. The zero-order valence-electron chi connectivity index (χ0n) is 16.5. The summed E-state index contributed by atoms with van der Waals surface area (Å²) < 4.78 is 42.6. The van der Waals surface area contributed by atoms with Crippen molar-refractivity contribution < 1.29 is 27.1 Å². The summed E-state index contributed by atoms with van der Waals surface area (Å²) >= 11 is 1.08. The van der Waals surface area contributed by atoms with E-state index in [1.807, 2.05) is 0 Å². The molecule has 1 amide bonds. The van der Waals surface area contributed by atoms with Crippen LogP contribution in [0.3, 0.4) is 0 Å². The van der Waals surface area contributed by atoms with E-state index in [0.717, 1.165) is 22.3 Å². The maximum absolute atomic E-state index is 14.1. The van der Waals surface area contributed by atoms with Gasteiger partial charge >= 0.3 is 5.97 Å². The lowest BCUT2D eigenvalue weighted by Crippen LogP contribution is -2.23. The van der Waals surface area contributed by atoms with Crippen molar-refractivity contribution in [3.8, 4) is 0 Å². The van der Waals surface area contributed by atoms with Crippen molar-refractivity contribution >= 4 is 44.1 Å². The average molecular weight is 464 g/mol. The third-order valence-corrected chi connectivity index (χ3v) is 6.15. The number of halogens is 1. The van der Waals surface area contributed by atoms with Crippen LogP contribution in [-0.4, -0.2) is 25.3 Å². The maximum Gasteiger partial charge on any atom is 0.338 e. The van der Waals surface area contributed by atoms with Gasteiger partial charge in [-0.15, -0.1) is 11.3 Å². The molecule has 0 unspecified atom stereocenters. The van der Waals surface area contributed by atoms with Crippen LogP contribution in [0, 0.1) is 12.7 Å². The lowest BCUT2D eigenvalue weighted by atomic mass is 10.1. The Balaban J connectivity index is 1.77. The molecule has 0 aliphatic carbocycles. The molecular weight excluding hydrogens is 445 g/mol. The summed E-state index contributed by atoms with van der Waals surface area (Å²) in [6.07, 6.45) is 0. The molecular formula is C20H18FN3O5S2. The van der Waals surface area contributed by atoms with Gasteiger partial charge in [0.1, 0.15) is 12.4 Å². The molecule has 11 heteroatoms. The number of aromatic nitrogens is 1. The minimum Gasteiger partial charge on any atom is -0.456 e. The summed E-state index contributed by atoms with van der Waals surface area (Å²) in [4.78, 5) is 29.6. The smallest absolute Gasteiger partial charge is 0.338 e. The molecule has 2 aromatic carbocycles. The van der Waals surface area contributed by atoms with Crippen molar-refractivity contribution in [2.45, 2.75) is 25.3 Å². The summed E-state index contributed by atoms with van der Waals surface area (Å²) in [6.45, 7) is 2.62. The Morgan fingerprint density at radius 3 is 2.58 bits per heavy atom. The number of ether oxygens (including phenoxy) is 1. The minimum absolute atomic E-state index is 0.0156. The summed E-state index contributed by atoms with van der Waals surface area (Å²) in [5.74, 6) is -1.78. The molecule has 1 heterocycles. The van der Waals surface area contributed by atoms with Gasteiger partial charge in [-0.2, -0.15) is 0 Å². The number of aryl methyl sites for hydroxylation is 1. The number of anilines is 2. The van der Waals surface area contributed by atoms with Crippen LogP contribution < -0.4 is 10.0 Å². The number of sulfonamides is 1. The molecule has 0 fully saturated rings. The summed E-state index contributed by atoms with van der Waals surface area (Å²) in [6, 6.07) is 9.83. The number of hydrogen-bond acceptors (Lipinski definition) is 7. The zero-order chi connectivity index (χ0) is 22.8. The van der Waals surface area contributed by atoms with E-state index in [2.05, 4.69) is 4.98 Å². The average Bonchev–Trinajstić information content (AvgIpc) is 3.15. The van der Waals surface area contributed by atoms with Gasteiger partial charge in [-0.1, -0.05) is 18.2 Å². The van der Waals surface area contributed by atoms with Gasteiger partial charge in [0.25, 0.3) is 0 Å². The van der Waals surface area contributed by atoms with Crippen LogP contribution in [0.2, 0.25) is 0 Å². The molecule has 0 saturated heterocycles. The van der Waals surface area contributed by atoms with Crippen molar-refractivity contribution in [2.24, 2.45) is 5.14 Å². The highest BCUT2D eigenvalue weighted by Gasteiger charge is 2.21. The van der Waals surface area contributed by atoms with Gasteiger partial charge in [-0.05, 0) is 36.8 Å². The second kappa shape index (κ2) is 8.92. The lowest BCUT2D eigenvalue weighted by Gasteiger charge is -2.18. The number of hydrogen-bond donors (Lipinski definition) is 1. The van der Waals surface area contributed by atoms with Crippen LogP contribution in [-0.2, 0) is 26.2 Å². The molecule has 0 aliphatic rings. The fourth-order valence-electron chi connectivity index (χ4n) is 2.76. The third kappa shape index (κ3) is 5.13. The first-order chi connectivity index (χ1) is 14.6. The Morgan fingerprint density at radius 2 is 1.94 bits per heavy atom. The third-order valence-electron chi connectivity index (χ3n) is 4.22. The molecule has 0 spiro atoms. The van der Waals surface area contributed by atoms with E-state index >= 15 is 0 Å². The minimum atomic E-state index is -3.99. The molecule has 8 nitrogen and oxygen atoms in total. The van der Waals surface area contributed by atoms with E-state index in [1.54, 1.807) is 18.4 Å². The Labute approximate surface area is 182 Å². The number of esters is 1. The molecule has 2 N–H and O–H groups in total. The first-order valence-corrected chi connectivity index (χ1v) is 11.3. The SMILES string of the molecule is CC(=O)N(c1nc(COC(=O)c2ccc(C)c(S(N)(=O)=O)c2)cs1)c1ccccc1F. The van der Waals surface area contributed by atoms with Crippen LogP contribution >= 0.6 is 11.3 Å². The van der Waals surface area contributed by atoms with Gasteiger partial charge in [0.15, 0.2) is 5.13 Å². The Hall–Kier alpha value is -3.15. The second-order valence-electron chi connectivity index (χ2n) is 6.53. The Kier molecular flexibility index (Phi) is 6.48. The molecule has 0 aliphatic heterocycles. The molecule has 162 valence electrons. The van der Waals surface area contributed by atoms with E-state index in [9.17, 15) is 22.4 Å². The van der Waals surface area contributed by atoms with E-state index in [-0.39, 0.29) is 27.9 Å². The molecule has 3 rings (SSSR count). The van der Waals surface area contributed by atoms with Crippen LogP contribution in [0.1, 0.15) is 28.5 Å². The van der Waals surface area contributed by atoms with Crippen molar-refractivity contribution in [1.82, 2.24) is 4.98 Å². The van der Waals surface area contributed by atoms with Gasteiger partial charge in [0.2, 0.25) is 15.9 Å². The van der Waals surface area contributed by atoms with Crippen LogP contribution in [0.25, 0.3) is 0 Å². The van der Waals surface area contributed by atoms with Crippen molar-refractivity contribution in [2.75, 3.05) is 4.90 Å². The first-order valence-electron chi connectivity index (χ1n) is 8.88. The summed E-state index contributed by atoms with van der Waals surface area (Å²) in [5.41, 5.74) is 0.820. The molecule has 0 atom stereocenters. The van der Waals surface area contributed by atoms with Crippen LogP contribution in [0.15, 0.2) is 52.7 Å². The molecule has 0 saturated carbocycles. The number of benzene rings is 2. The normalized spacial score (nSPS) is 11.2. The van der Waals surface area contributed by atoms with Crippen LogP contribution in [0.5, 0.6) is 0 Å². The number of para-hydroxylation sites is 1. The van der Waals surface area contributed by atoms with E-state index in [1.165, 1.54) is 37.3 Å². The van der Waals surface area contributed by atoms with Crippen molar-refractivity contribution in [3.63, 3.8) is 0 Å². The summed E-state index contributed by atoms with van der Waals surface area (Å²) in [5, 5.41) is 6.95. The quantitative estimate of drug-likeness (QED) is 0.560. The Bertz CT molecular complexity index is 1260. The molecule has 0 radical (unpaired) electrons. The Morgan fingerprint density at radius 1 is 1.23 bits per heavy atom. The first kappa shape index (κ1) is 22.5. The van der Waals surface area contributed by atoms with Crippen molar-refractivity contribution in [3.05, 3.63) is 70.5 Å². The van der Waals surface area contributed by atoms with Crippen molar-refractivity contribution in [1.29, 1.82) is 0 Å².